The Morgan fingerprint density at radius 2 is 1.77 bits per heavy atom. The van der Waals surface area contributed by atoms with Gasteiger partial charge in [0.2, 0.25) is 0 Å². The minimum atomic E-state index is -0.943. The summed E-state index contributed by atoms with van der Waals surface area (Å²) in [6.45, 7) is 2.41. The summed E-state index contributed by atoms with van der Waals surface area (Å²) in [5.74, 6) is -0.774. The number of likely N-dealkylation sites (tertiary alicyclic amines) is 1. The van der Waals surface area contributed by atoms with Crippen LogP contribution in [0.5, 0.6) is 17.2 Å². The standard InChI is InChI=1S/C31H27NO7/c1-19-6-3-4-7-22(19)18-39-23-12-9-20(10-13-23)29(34)27-28(21-11-14-25(33)26(16-21)37-2)32(31(36)30(27)35)17-24-8-5-15-38-24/h3-16,28,33-34H,17-18H2,1-2H3/b29-27+/t28-/m0/s1. The summed E-state index contributed by atoms with van der Waals surface area (Å²) in [7, 11) is 1.40. The third-order valence-corrected chi connectivity index (χ3v) is 6.75. The van der Waals surface area contributed by atoms with Gasteiger partial charge >= 0.3 is 0 Å². The number of aromatic hydroxyl groups is 1. The lowest BCUT2D eigenvalue weighted by Crippen LogP contribution is -2.29. The Morgan fingerprint density at radius 1 is 1.00 bits per heavy atom. The van der Waals surface area contributed by atoms with Crippen LogP contribution in [-0.4, -0.2) is 33.9 Å². The lowest BCUT2D eigenvalue weighted by Gasteiger charge is -2.25. The average Bonchev–Trinajstić information content (AvgIpc) is 3.55. The van der Waals surface area contributed by atoms with Gasteiger partial charge in [-0.3, -0.25) is 9.59 Å². The third kappa shape index (κ3) is 5.09. The molecule has 1 saturated heterocycles. The zero-order valence-corrected chi connectivity index (χ0v) is 21.5. The van der Waals surface area contributed by atoms with Crippen molar-refractivity contribution >= 4 is 17.4 Å². The maximum Gasteiger partial charge on any atom is 0.296 e. The molecule has 0 bridgehead atoms. The van der Waals surface area contributed by atoms with Crippen LogP contribution in [0.15, 0.2) is 95.1 Å². The lowest BCUT2D eigenvalue weighted by molar-refractivity contribution is -0.140. The van der Waals surface area contributed by atoms with Crippen LogP contribution in [0.1, 0.15) is 34.1 Å². The molecule has 198 valence electrons. The number of aliphatic hydroxyl groups is 1. The largest absolute Gasteiger partial charge is 0.507 e. The molecule has 0 spiro atoms. The van der Waals surface area contributed by atoms with E-state index in [4.69, 9.17) is 13.9 Å². The van der Waals surface area contributed by atoms with Gasteiger partial charge in [-0.25, -0.2) is 0 Å². The molecule has 0 aliphatic carbocycles. The van der Waals surface area contributed by atoms with Crippen LogP contribution in [0.2, 0.25) is 0 Å². The molecular formula is C31H27NO7. The number of benzene rings is 3. The lowest BCUT2D eigenvalue weighted by atomic mass is 9.95. The predicted molar refractivity (Wildman–Crippen MR) is 143 cm³/mol. The van der Waals surface area contributed by atoms with Crippen molar-refractivity contribution in [2.24, 2.45) is 0 Å². The number of carbonyl (C=O) groups is 2. The van der Waals surface area contributed by atoms with E-state index in [-0.39, 0.29) is 29.4 Å². The van der Waals surface area contributed by atoms with Crippen molar-refractivity contribution in [3.63, 3.8) is 0 Å². The molecule has 4 aromatic rings. The fraction of sp³-hybridized carbons (Fsp3) is 0.161. The van der Waals surface area contributed by atoms with E-state index in [9.17, 15) is 19.8 Å². The molecule has 8 nitrogen and oxygen atoms in total. The molecule has 1 aliphatic heterocycles. The number of furan rings is 1. The molecule has 3 aromatic carbocycles. The number of nitrogens with zero attached hydrogens (tertiary/aromatic N) is 1. The molecule has 0 radical (unpaired) electrons. The van der Waals surface area contributed by atoms with Crippen molar-refractivity contribution < 1.29 is 33.7 Å². The number of rotatable bonds is 8. The van der Waals surface area contributed by atoms with Crippen LogP contribution in [0.3, 0.4) is 0 Å². The number of amides is 1. The van der Waals surface area contributed by atoms with Gasteiger partial charge in [-0.15, -0.1) is 0 Å². The van der Waals surface area contributed by atoms with Crippen LogP contribution in [0, 0.1) is 6.92 Å². The van der Waals surface area contributed by atoms with E-state index < -0.39 is 17.7 Å². The number of Topliss-reactive ketones (excluding diaryl/α,β-unsaturated/α-hetero) is 1. The van der Waals surface area contributed by atoms with E-state index in [0.29, 0.717) is 29.2 Å². The van der Waals surface area contributed by atoms with E-state index in [1.807, 2.05) is 31.2 Å². The third-order valence-electron chi connectivity index (χ3n) is 6.75. The number of aliphatic hydroxyl groups excluding tert-OH is 1. The molecule has 1 atom stereocenters. The van der Waals surface area contributed by atoms with Crippen molar-refractivity contribution in [2.75, 3.05) is 7.11 Å². The molecular weight excluding hydrogens is 498 g/mol. The van der Waals surface area contributed by atoms with Crippen LogP contribution < -0.4 is 9.47 Å². The van der Waals surface area contributed by atoms with E-state index in [2.05, 4.69) is 0 Å². The van der Waals surface area contributed by atoms with Crippen LogP contribution in [-0.2, 0) is 22.7 Å². The van der Waals surface area contributed by atoms with Gasteiger partial charge in [0.15, 0.2) is 11.5 Å². The van der Waals surface area contributed by atoms with Crippen LogP contribution in [0.25, 0.3) is 5.76 Å². The predicted octanol–water partition coefficient (Wildman–Crippen LogP) is 5.50. The van der Waals surface area contributed by atoms with Crippen molar-refractivity contribution in [1.82, 2.24) is 4.90 Å². The topological polar surface area (TPSA) is 109 Å². The molecule has 5 rings (SSSR count). The second-order valence-corrected chi connectivity index (χ2v) is 9.18. The molecule has 1 aromatic heterocycles. The van der Waals surface area contributed by atoms with Gasteiger partial charge in [0, 0.05) is 5.56 Å². The fourth-order valence-corrected chi connectivity index (χ4v) is 4.62. The minimum Gasteiger partial charge on any atom is -0.507 e. The first-order chi connectivity index (χ1) is 18.9. The van der Waals surface area contributed by atoms with E-state index in [1.54, 1.807) is 42.5 Å². The maximum atomic E-state index is 13.3. The first-order valence-corrected chi connectivity index (χ1v) is 12.3. The molecule has 0 unspecified atom stereocenters. The summed E-state index contributed by atoms with van der Waals surface area (Å²) < 4.78 is 16.6. The summed E-state index contributed by atoms with van der Waals surface area (Å²) in [4.78, 5) is 27.8. The van der Waals surface area contributed by atoms with Gasteiger partial charge in [0.1, 0.15) is 23.9 Å². The smallest absolute Gasteiger partial charge is 0.296 e. The Morgan fingerprint density at radius 3 is 2.46 bits per heavy atom. The van der Waals surface area contributed by atoms with E-state index >= 15 is 0 Å². The molecule has 39 heavy (non-hydrogen) atoms. The number of phenols is 1. The molecule has 2 heterocycles. The van der Waals surface area contributed by atoms with Crippen molar-refractivity contribution in [3.05, 3.63) is 119 Å². The van der Waals surface area contributed by atoms with Crippen molar-refractivity contribution in [1.29, 1.82) is 0 Å². The first-order valence-electron chi connectivity index (χ1n) is 12.3. The van der Waals surface area contributed by atoms with Gasteiger partial charge in [0.25, 0.3) is 11.7 Å². The highest BCUT2D eigenvalue weighted by Crippen LogP contribution is 2.42. The van der Waals surface area contributed by atoms with Gasteiger partial charge in [-0.1, -0.05) is 30.3 Å². The number of hydrogen-bond acceptors (Lipinski definition) is 7. The highest BCUT2D eigenvalue weighted by Gasteiger charge is 2.46. The van der Waals surface area contributed by atoms with Gasteiger partial charge in [0.05, 0.1) is 31.5 Å². The summed E-state index contributed by atoms with van der Waals surface area (Å²) in [6, 6.07) is 21.6. The number of hydrogen-bond donors (Lipinski definition) is 2. The highest BCUT2D eigenvalue weighted by atomic mass is 16.5. The molecule has 0 saturated carbocycles. The van der Waals surface area contributed by atoms with Gasteiger partial charge < -0.3 is 29.0 Å². The number of ether oxygens (including phenoxy) is 2. The van der Waals surface area contributed by atoms with Crippen molar-refractivity contribution in [3.8, 4) is 17.2 Å². The number of carbonyl (C=O) groups excluding carboxylic acids is 2. The summed E-state index contributed by atoms with van der Waals surface area (Å²) in [5.41, 5.74) is 2.94. The zero-order valence-electron chi connectivity index (χ0n) is 21.5. The Bertz CT molecular complexity index is 1540. The first kappa shape index (κ1) is 25.7. The zero-order chi connectivity index (χ0) is 27.5. The quantitative estimate of drug-likeness (QED) is 0.178. The van der Waals surface area contributed by atoms with Crippen LogP contribution in [0.4, 0.5) is 0 Å². The fourth-order valence-electron chi connectivity index (χ4n) is 4.62. The van der Waals surface area contributed by atoms with E-state index in [1.165, 1.54) is 30.4 Å². The SMILES string of the molecule is COc1cc([C@H]2/C(=C(\O)c3ccc(OCc4ccccc4C)cc3)C(=O)C(=O)N2Cc2ccco2)ccc1O. The summed E-state index contributed by atoms with van der Waals surface area (Å²) in [6.07, 6.45) is 1.48. The highest BCUT2D eigenvalue weighted by molar-refractivity contribution is 6.46. The Balaban J connectivity index is 1.50. The average molecular weight is 526 g/mol. The normalized spacial score (nSPS) is 16.5. The van der Waals surface area contributed by atoms with Crippen LogP contribution >= 0.6 is 0 Å². The maximum absolute atomic E-state index is 13.3. The number of ketones is 1. The Kier molecular flexibility index (Phi) is 7.10. The molecule has 1 fully saturated rings. The number of methoxy groups -OCH3 is 1. The Labute approximate surface area is 225 Å². The molecule has 1 amide bonds. The summed E-state index contributed by atoms with van der Waals surface area (Å²) in [5, 5.41) is 21.4. The van der Waals surface area contributed by atoms with Gasteiger partial charge in [-0.2, -0.15) is 0 Å². The van der Waals surface area contributed by atoms with E-state index in [0.717, 1.165) is 11.1 Å². The Hall–Kier alpha value is -4.98. The molecule has 1 aliphatic rings. The second kappa shape index (κ2) is 10.8. The minimum absolute atomic E-state index is 0.00783. The van der Waals surface area contributed by atoms with Gasteiger partial charge in [-0.05, 0) is 72.1 Å². The molecule has 2 N–H and O–H groups in total. The second-order valence-electron chi connectivity index (χ2n) is 9.18. The number of aryl methyl sites for hydroxylation is 1. The monoisotopic (exact) mass is 525 g/mol. The van der Waals surface area contributed by atoms with Crippen molar-refractivity contribution in [2.45, 2.75) is 26.1 Å². The molecule has 8 heteroatoms. The summed E-state index contributed by atoms with van der Waals surface area (Å²) >= 11 is 0. The number of phenolic OH excluding ortho intramolecular Hbond substituents is 1.